The highest BCUT2D eigenvalue weighted by Gasteiger charge is 2.09. The summed E-state index contributed by atoms with van der Waals surface area (Å²) >= 11 is 5.12. The number of halogens is 1. The highest BCUT2D eigenvalue weighted by Crippen LogP contribution is 2.27. The monoisotopic (exact) mass is 312 g/mol. The Morgan fingerprint density at radius 3 is 2.76 bits per heavy atom. The lowest BCUT2D eigenvalue weighted by molar-refractivity contribution is 0.192. The van der Waals surface area contributed by atoms with Crippen LogP contribution in [0.15, 0.2) is 56.4 Å². The number of aliphatic hydroxyl groups is 1. The average molecular weight is 313 g/mol. The second-order valence-electron chi connectivity index (χ2n) is 3.68. The van der Waals surface area contributed by atoms with E-state index in [0.717, 1.165) is 15.1 Å². The molecule has 1 aromatic heterocycles. The van der Waals surface area contributed by atoms with E-state index >= 15 is 0 Å². The first-order valence-corrected chi connectivity index (χ1v) is 7.11. The van der Waals surface area contributed by atoms with Crippen LogP contribution in [0.2, 0.25) is 0 Å². The zero-order valence-electron chi connectivity index (χ0n) is 9.17. The molecule has 1 heterocycles. The first-order valence-electron chi connectivity index (χ1n) is 5.33. The van der Waals surface area contributed by atoms with Crippen LogP contribution in [-0.4, -0.2) is 17.0 Å². The predicted octanol–water partition coefficient (Wildman–Crippen LogP) is 3.74. The predicted molar refractivity (Wildman–Crippen MR) is 73.3 cm³/mol. The van der Waals surface area contributed by atoms with Gasteiger partial charge in [-0.05, 0) is 40.2 Å². The van der Waals surface area contributed by atoms with Gasteiger partial charge in [-0.1, -0.05) is 12.1 Å². The number of rotatable bonds is 5. The maximum Gasteiger partial charge on any atom is 0.106 e. The van der Waals surface area contributed by atoms with E-state index < -0.39 is 6.10 Å². The lowest BCUT2D eigenvalue weighted by Gasteiger charge is -2.09. The van der Waals surface area contributed by atoms with E-state index in [1.165, 1.54) is 0 Å². The molecule has 0 aliphatic heterocycles. The van der Waals surface area contributed by atoms with Gasteiger partial charge >= 0.3 is 0 Å². The van der Waals surface area contributed by atoms with E-state index in [2.05, 4.69) is 15.9 Å². The summed E-state index contributed by atoms with van der Waals surface area (Å²) in [7, 11) is 0. The minimum absolute atomic E-state index is 0.391. The van der Waals surface area contributed by atoms with Gasteiger partial charge in [0.2, 0.25) is 0 Å². The van der Waals surface area contributed by atoms with Crippen molar-refractivity contribution in [1.82, 2.24) is 0 Å². The number of benzene rings is 1. The zero-order chi connectivity index (χ0) is 12.1. The van der Waals surface area contributed by atoms with Gasteiger partial charge in [0.1, 0.15) is 5.76 Å². The van der Waals surface area contributed by atoms with Crippen LogP contribution in [0.25, 0.3) is 0 Å². The molecule has 0 aliphatic carbocycles. The molecular formula is C13H13BrO2S. The summed E-state index contributed by atoms with van der Waals surface area (Å²) in [5.41, 5.74) is 0. The molecule has 90 valence electrons. The van der Waals surface area contributed by atoms with E-state index in [1.54, 1.807) is 18.0 Å². The maximum absolute atomic E-state index is 9.88. The van der Waals surface area contributed by atoms with Gasteiger partial charge < -0.3 is 9.52 Å². The largest absolute Gasteiger partial charge is 0.469 e. The van der Waals surface area contributed by atoms with Gasteiger partial charge in [-0.25, -0.2) is 0 Å². The molecule has 1 atom stereocenters. The second-order valence-corrected chi connectivity index (χ2v) is 5.59. The first-order chi connectivity index (χ1) is 8.25. The molecule has 0 saturated heterocycles. The highest BCUT2D eigenvalue weighted by atomic mass is 79.9. The average Bonchev–Trinajstić information content (AvgIpc) is 2.81. The van der Waals surface area contributed by atoms with Gasteiger partial charge in [-0.15, -0.1) is 11.8 Å². The molecule has 1 N–H and O–H groups in total. The fourth-order valence-electron chi connectivity index (χ4n) is 1.47. The molecule has 0 spiro atoms. The highest BCUT2D eigenvalue weighted by molar-refractivity contribution is 9.10. The molecule has 2 nitrogen and oxygen atoms in total. The van der Waals surface area contributed by atoms with Gasteiger partial charge in [0.15, 0.2) is 0 Å². The van der Waals surface area contributed by atoms with Crippen molar-refractivity contribution < 1.29 is 9.52 Å². The van der Waals surface area contributed by atoms with Crippen LogP contribution in [0.1, 0.15) is 5.76 Å². The Kier molecular flexibility index (Phi) is 4.71. The van der Waals surface area contributed by atoms with Crippen molar-refractivity contribution in [3.05, 3.63) is 52.9 Å². The van der Waals surface area contributed by atoms with Crippen LogP contribution in [-0.2, 0) is 6.42 Å². The Morgan fingerprint density at radius 2 is 2.06 bits per heavy atom. The fourth-order valence-corrected chi connectivity index (χ4v) is 2.97. The molecule has 0 amide bonds. The Morgan fingerprint density at radius 1 is 1.24 bits per heavy atom. The van der Waals surface area contributed by atoms with E-state index in [4.69, 9.17) is 4.42 Å². The van der Waals surface area contributed by atoms with Gasteiger partial charge in [-0.3, -0.25) is 0 Å². The third-order valence-corrected chi connectivity index (χ3v) is 4.46. The summed E-state index contributed by atoms with van der Waals surface area (Å²) in [4.78, 5) is 1.14. The van der Waals surface area contributed by atoms with Crippen LogP contribution in [0.3, 0.4) is 0 Å². The molecule has 0 aliphatic rings. The summed E-state index contributed by atoms with van der Waals surface area (Å²) in [6, 6.07) is 11.7. The zero-order valence-corrected chi connectivity index (χ0v) is 11.6. The third-order valence-electron chi connectivity index (χ3n) is 2.28. The Hall–Kier alpha value is -0.710. The molecule has 17 heavy (non-hydrogen) atoms. The lowest BCUT2D eigenvalue weighted by Crippen LogP contribution is -2.12. The number of furan rings is 1. The molecule has 0 radical (unpaired) electrons. The number of thioether (sulfide) groups is 1. The van der Waals surface area contributed by atoms with Crippen LogP contribution in [0.4, 0.5) is 0 Å². The van der Waals surface area contributed by atoms with Crippen molar-refractivity contribution in [1.29, 1.82) is 0 Å². The van der Waals surface area contributed by atoms with Gasteiger partial charge in [-0.2, -0.15) is 0 Å². The summed E-state index contributed by atoms with van der Waals surface area (Å²) in [5, 5.41) is 9.88. The minimum atomic E-state index is -0.391. The minimum Gasteiger partial charge on any atom is -0.469 e. The quantitative estimate of drug-likeness (QED) is 0.854. The summed E-state index contributed by atoms with van der Waals surface area (Å²) in [6.45, 7) is 0. The van der Waals surface area contributed by atoms with Crippen LogP contribution >= 0.6 is 27.7 Å². The SMILES string of the molecule is OC(CSc1ccccc1Br)Cc1ccco1. The normalized spacial score (nSPS) is 12.6. The van der Waals surface area contributed by atoms with Crippen LogP contribution in [0, 0.1) is 0 Å². The van der Waals surface area contributed by atoms with Crippen molar-refractivity contribution in [3.8, 4) is 0 Å². The molecule has 2 rings (SSSR count). The van der Waals surface area contributed by atoms with Crippen molar-refractivity contribution >= 4 is 27.7 Å². The number of aliphatic hydroxyl groups excluding tert-OH is 1. The Bertz CT molecular complexity index is 456. The topological polar surface area (TPSA) is 33.4 Å². The molecule has 2 aromatic rings. The van der Waals surface area contributed by atoms with Crippen molar-refractivity contribution in [2.75, 3.05) is 5.75 Å². The van der Waals surface area contributed by atoms with E-state index in [1.807, 2.05) is 36.4 Å². The van der Waals surface area contributed by atoms with Gasteiger partial charge in [0.05, 0.1) is 12.4 Å². The smallest absolute Gasteiger partial charge is 0.106 e. The molecule has 0 saturated carbocycles. The fraction of sp³-hybridized carbons (Fsp3) is 0.231. The summed E-state index contributed by atoms with van der Waals surface area (Å²) in [6.07, 6.45) is 1.80. The maximum atomic E-state index is 9.88. The Balaban J connectivity index is 1.84. The van der Waals surface area contributed by atoms with Gasteiger partial charge in [0.25, 0.3) is 0 Å². The van der Waals surface area contributed by atoms with E-state index in [9.17, 15) is 5.11 Å². The van der Waals surface area contributed by atoms with Gasteiger partial charge in [0, 0.05) is 21.5 Å². The van der Waals surface area contributed by atoms with Crippen molar-refractivity contribution in [3.63, 3.8) is 0 Å². The second kappa shape index (κ2) is 6.28. The van der Waals surface area contributed by atoms with Crippen molar-refractivity contribution in [2.45, 2.75) is 17.4 Å². The Labute approximate surface area is 113 Å². The lowest BCUT2D eigenvalue weighted by atomic mass is 10.2. The molecule has 0 fully saturated rings. The third kappa shape index (κ3) is 3.91. The van der Waals surface area contributed by atoms with E-state index in [-0.39, 0.29) is 0 Å². The number of hydrogen-bond acceptors (Lipinski definition) is 3. The molecular weight excluding hydrogens is 300 g/mol. The molecule has 4 heteroatoms. The molecule has 1 unspecified atom stereocenters. The molecule has 1 aromatic carbocycles. The van der Waals surface area contributed by atoms with E-state index in [0.29, 0.717) is 12.2 Å². The first kappa shape index (κ1) is 12.7. The summed E-state index contributed by atoms with van der Waals surface area (Å²) < 4.78 is 6.27. The summed E-state index contributed by atoms with van der Waals surface area (Å²) in [5.74, 6) is 1.48. The number of hydrogen-bond donors (Lipinski definition) is 1. The van der Waals surface area contributed by atoms with Crippen LogP contribution in [0.5, 0.6) is 0 Å². The van der Waals surface area contributed by atoms with Crippen LogP contribution < -0.4 is 0 Å². The van der Waals surface area contributed by atoms with Crippen molar-refractivity contribution in [2.24, 2.45) is 0 Å². The molecule has 0 bridgehead atoms. The standard InChI is InChI=1S/C13H13BrO2S/c14-12-5-1-2-6-13(12)17-9-10(15)8-11-4-3-7-16-11/h1-7,10,15H,8-9H2.